The summed E-state index contributed by atoms with van der Waals surface area (Å²) >= 11 is 11.9. The molecule has 1 aliphatic rings. The van der Waals surface area contributed by atoms with Crippen LogP contribution in [0.25, 0.3) is 6.08 Å². The molecule has 3 rings (SSSR count). The monoisotopic (exact) mass is 330 g/mol. The highest BCUT2D eigenvalue weighted by Crippen LogP contribution is 2.30. The number of halogens is 2. The van der Waals surface area contributed by atoms with E-state index < -0.39 is 0 Å². The number of rotatable bonds is 2. The molecule has 1 aliphatic heterocycles. The average molecular weight is 331 g/mol. The van der Waals surface area contributed by atoms with Crippen LogP contribution in [0, 0.1) is 0 Å². The molecule has 1 heterocycles. The second kappa shape index (κ2) is 5.95. The third kappa shape index (κ3) is 2.78. The third-order valence-corrected chi connectivity index (χ3v) is 4.06. The number of hydrogen-bond donors (Lipinski definition) is 0. The molecular weight excluding hydrogens is 319 g/mol. The molecule has 1 amide bonds. The SMILES string of the molecule is CC1=NN(c2ccc(Cl)c(Cl)c2)C(=O)/C1=C\c1ccccc1. The molecule has 0 N–H and O–H groups in total. The van der Waals surface area contributed by atoms with Crippen LogP contribution in [0.4, 0.5) is 5.69 Å². The third-order valence-electron chi connectivity index (χ3n) is 3.32. The smallest absolute Gasteiger partial charge is 0.267 e. The summed E-state index contributed by atoms with van der Waals surface area (Å²) in [6, 6.07) is 14.7. The lowest BCUT2D eigenvalue weighted by Crippen LogP contribution is -2.21. The van der Waals surface area contributed by atoms with E-state index in [1.807, 2.05) is 43.3 Å². The van der Waals surface area contributed by atoms with Crippen molar-refractivity contribution >= 4 is 46.6 Å². The Kier molecular flexibility index (Phi) is 4.01. The van der Waals surface area contributed by atoms with E-state index in [2.05, 4.69) is 5.10 Å². The molecule has 0 saturated heterocycles. The van der Waals surface area contributed by atoms with Gasteiger partial charge in [-0.3, -0.25) is 4.79 Å². The van der Waals surface area contributed by atoms with Crippen molar-refractivity contribution < 1.29 is 4.79 Å². The van der Waals surface area contributed by atoms with Gasteiger partial charge in [0.15, 0.2) is 0 Å². The van der Waals surface area contributed by atoms with Crippen molar-refractivity contribution in [2.45, 2.75) is 6.92 Å². The first kappa shape index (κ1) is 14.8. The van der Waals surface area contributed by atoms with Crippen LogP contribution in [0.2, 0.25) is 10.0 Å². The number of amides is 1. The predicted octanol–water partition coefficient (Wildman–Crippen LogP) is 4.80. The van der Waals surface area contributed by atoms with Crippen molar-refractivity contribution in [1.29, 1.82) is 0 Å². The molecule has 0 aromatic heterocycles. The number of carbonyl (C=O) groups is 1. The summed E-state index contributed by atoms with van der Waals surface area (Å²) in [6.45, 7) is 1.81. The molecule has 0 unspecified atom stereocenters. The van der Waals surface area contributed by atoms with Crippen molar-refractivity contribution in [2.24, 2.45) is 5.10 Å². The molecule has 2 aromatic rings. The first-order valence-electron chi connectivity index (χ1n) is 6.68. The molecular formula is C17H12Cl2N2O. The Hall–Kier alpha value is -2.10. The van der Waals surface area contributed by atoms with Crippen LogP contribution in [0.1, 0.15) is 12.5 Å². The molecule has 0 radical (unpaired) electrons. The lowest BCUT2D eigenvalue weighted by atomic mass is 10.1. The normalized spacial score (nSPS) is 16.3. The molecule has 2 aromatic carbocycles. The second-order valence-electron chi connectivity index (χ2n) is 4.87. The number of nitrogens with zero attached hydrogens (tertiary/aromatic N) is 2. The lowest BCUT2D eigenvalue weighted by molar-refractivity contribution is -0.114. The molecule has 0 spiro atoms. The summed E-state index contributed by atoms with van der Waals surface area (Å²) in [4.78, 5) is 12.6. The Balaban J connectivity index is 1.96. The van der Waals surface area contributed by atoms with Gasteiger partial charge in [-0.15, -0.1) is 0 Å². The van der Waals surface area contributed by atoms with Crippen LogP contribution in [0.15, 0.2) is 59.2 Å². The van der Waals surface area contributed by atoms with Gasteiger partial charge in [0.1, 0.15) is 0 Å². The summed E-state index contributed by atoms with van der Waals surface area (Å²) in [6.07, 6.45) is 1.83. The van der Waals surface area contributed by atoms with Crippen LogP contribution < -0.4 is 5.01 Å². The van der Waals surface area contributed by atoms with Crippen LogP contribution in [0.3, 0.4) is 0 Å². The second-order valence-corrected chi connectivity index (χ2v) is 5.68. The van der Waals surface area contributed by atoms with Crippen molar-refractivity contribution in [3.63, 3.8) is 0 Å². The molecule has 0 saturated carbocycles. The van der Waals surface area contributed by atoms with E-state index in [0.717, 1.165) is 5.56 Å². The minimum absolute atomic E-state index is 0.181. The van der Waals surface area contributed by atoms with Gasteiger partial charge in [-0.05, 0) is 36.8 Å². The zero-order valence-corrected chi connectivity index (χ0v) is 13.3. The summed E-state index contributed by atoms with van der Waals surface area (Å²) in [5, 5.41) is 6.49. The standard InChI is InChI=1S/C17H12Cl2N2O/c1-11-14(9-12-5-3-2-4-6-12)17(22)21(20-11)13-7-8-15(18)16(19)10-13/h2-10H,1H3/b14-9-. The zero-order chi connectivity index (χ0) is 15.7. The number of anilines is 1. The number of hydrazone groups is 1. The van der Waals surface area contributed by atoms with Gasteiger partial charge in [0.05, 0.1) is 27.0 Å². The molecule has 0 fully saturated rings. The molecule has 110 valence electrons. The number of benzene rings is 2. The van der Waals surface area contributed by atoms with Crippen LogP contribution in [0.5, 0.6) is 0 Å². The maximum Gasteiger partial charge on any atom is 0.280 e. The molecule has 0 atom stereocenters. The van der Waals surface area contributed by atoms with E-state index in [0.29, 0.717) is 27.0 Å². The summed E-state index contributed by atoms with van der Waals surface area (Å²) < 4.78 is 0. The van der Waals surface area contributed by atoms with E-state index >= 15 is 0 Å². The van der Waals surface area contributed by atoms with E-state index in [-0.39, 0.29) is 5.91 Å². The van der Waals surface area contributed by atoms with Crippen molar-refractivity contribution in [1.82, 2.24) is 0 Å². The van der Waals surface area contributed by atoms with Crippen LogP contribution >= 0.6 is 23.2 Å². The maximum atomic E-state index is 12.6. The maximum absolute atomic E-state index is 12.6. The highest BCUT2D eigenvalue weighted by molar-refractivity contribution is 6.42. The van der Waals surface area contributed by atoms with E-state index in [1.165, 1.54) is 5.01 Å². The minimum atomic E-state index is -0.181. The van der Waals surface area contributed by atoms with Crippen molar-refractivity contribution in [3.8, 4) is 0 Å². The Morgan fingerprint density at radius 3 is 2.45 bits per heavy atom. The Labute approximate surface area is 138 Å². The highest BCUT2D eigenvalue weighted by Gasteiger charge is 2.28. The summed E-state index contributed by atoms with van der Waals surface area (Å²) in [5.41, 5.74) is 2.78. The molecule has 22 heavy (non-hydrogen) atoms. The van der Waals surface area contributed by atoms with E-state index in [9.17, 15) is 4.79 Å². The fourth-order valence-corrected chi connectivity index (χ4v) is 2.48. The average Bonchev–Trinajstić information content (AvgIpc) is 2.79. The first-order chi connectivity index (χ1) is 10.6. The molecule has 5 heteroatoms. The zero-order valence-electron chi connectivity index (χ0n) is 11.8. The van der Waals surface area contributed by atoms with Crippen LogP contribution in [-0.4, -0.2) is 11.6 Å². The molecule has 0 bridgehead atoms. The summed E-state index contributed by atoms with van der Waals surface area (Å²) in [5.74, 6) is -0.181. The lowest BCUT2D eigenvalue weighted by Gasteiger charge is -2.12. The fourth-order valence-electron chi connectivity index (χ4n) is 2.19. The van der Waals surface area contributed by atoms with Gasteiger partial charge in [0.25, 0.3) is 5.91 Å². The van der Waals surface area contributed by atoms with Crippen LogP contribution in [-0.2, 0) is 4.79 Å². The molecule has 3 nitrogen and oxygen atoms in total. The van der Waals surface area contributed by atoms with Gasteiger partial charge in [-0.1, -0.05) is 53.5 Å². The van der Waals surface area contributed by atoms with Crippen molar-refractivity contribution in [3.05, 3.63) is 69.7 Å². The van der Waals surface area contributed by atoms with Gasteiger partial charge in [0.2, 0.25) is 0 Å². The van der Waals surface area contributed by atoms with Gasteiger partial charge < -0.3 is 0 Å². The number of hydrogen-bond acceptors (Lipinski definition) is 2. The largest absolute Gasteiger partial charge is 0.280 e. The fraction of sp³-hybridized carbons (Fsp3) is 0.0588. The Morgan fingerprint density at radius 2 is 1.77 bits per heavy atom. The summed E-state index contributed by atoms with van der Waals surface area (Å²) in [7, 11) is 0. The van der Waals surface area contributed by atoms with Gasteiger partial charge >= 0.3 is 0 Å². The first-order valence-corrected chi connectivity index (χ1v) is 7.43. The molecule has 0 aliphatic carbocycles. The van der Waals surface area contributed by atoms with E-state index in [4.69, 9.17) is 23.2 Å². The number of carbonyl (C=O) groups excluding carboxylic acids is 1. The van der Waals surface area contributed by atoms with E-state index in [1.54, 1.807) is 18.2 Å². The van der Waals surface area contributed by atoms with Gasteiger partial charge in [0, 0.05) is 0 Å². The topological polar surface area (TPSA) is 32.7 Å². The Morgan fingerprint density at radius 1 is 1.05 bits per heavy atom. The highest BCUT2D eigenvalue weighted by atomic mass is 35.5. The van der Waals surface area contributed by atoms with Gasteiger partial charge in [-0.25, -0.2) is 0 Å². The van der Waals surface area contributed by atoms with Crippen molar-refractivity contribution in [2.75, 3.05) is 5.01 Å². The minimum Gasteiger partial charge on any atom is -0.267 e. The predicted molar refractivity (Wildman–Crippen MR) is 91.5 cm³/mol. The Bertz CT molecular complexity index is 798. The van der Waals surface area contributed by atoms with Gasteiger partial charge in [-0.2, -0.15) is 10.1 Å². The quantitative estimate of drug-likeness (QED) is 0.728.